The van der Waals surface area contributed by atoms with Crippen LogP contribution in [0.4, 0.5) is 20.3 Å². The number of para-hydroxylation sites is 1. The lowest BCUT2D eigenvalue weighted by atomic mass is 9.85. The molecule has 19 heteroatoms. The first-order valence-corrected chi connectivity index (χ1v) is 21.4. The molecule has 5 aliphatic rings. The number of carbonyl (C=O) groups is 3. The number of nitrogens with zero attached hydrogens (tertiary/aromatic N) is 9. The Morgan fingerprint density at radius 2 is 1.90 bits per heavy atom. The summed E-state index contributed by atoms with van der Waals surface area (Å²) in [6.07, 6.45) is 8.25. The molecule has 2 N–H and O–H groups in total. The molecule has 8 heterocycles. The van der Waals surface area contributed by atoms with Crippen LogP contribution in [0.5, 0.6) is 0 Å². The number of aromatic nitrogens is 7. The molecule has 1 aromatic carbocycles. The van der Waals surface area contributed by atoms with Gasteiger partial charge in [0.05, 0.1) is 60.4 Å². The number of ether oxygens (including phenoxy) is 2. The summed E-state index contributed by atoms with van der Waals surface area (Å²) in [7, 11) is 1.72. The molecule has 1 unspecified atom stereocenters. The minimum Gasteiger partial charge on any atom is -0.376 e. The fourth-order valence-corrected chi connectivity index (χ4v) is 10.2. The van der Waals surface area contributed by atoms with Gasteiger partial charge in [0.15, 0.2) is 11.3 Å². The number of nitrogens with one attached hydrogen (secondary N) is 2. The van der Waals surface area contributed by atoms with Crippen molar-refractivity contribution in [3.05, 3.63) is 70.2 Å². The lowest BCUT2D eigenvalue weighted by molar-refractivity contribution is -0.135. The molecule has 4 atom stereocenters. The molecule has 2 bridgehead atoms. The molecule has 5 aromatic rings. The summed E-state index contributed by atoms with van der Waals surface area (Å²) in [4.78, 5) is 60.8. The Labute approximate surface area is 348 Å². The number of piperidine rings is 1. The van der Waals surface area contributed by atoms with Gasteiger partial charge in [-0.05, 0) is 75.0 Å². The summed E-state index contributed by atoms with van der Waals surface area (Å²) in [5.74, 6) is -0.191. The first-order chi connectivity index (χ1) is 29.6. The van der Waals surface area contributed by atoms with E-state index in [2.05, 4.69) is 30.6 Å². The summed E-state index contributed by atoms with van der Waals surface area (Å²) in [5.41, 5.74) is 2.24. The molecule has 4 aliphatic heterocycles. The Kier molecular flexibility index (Phi) is 10.4. The number of imide groups is 1. The third-order valence-corrected chi connectivity index (χ3v) is 13.4. The van der Waals surface area contributed by atoms with Crippen molar-refractivity contribution in [1.29, 1.82) is 0 Å². The second-order valence-corrected chi connectivity index (χ2v) is 17.2. The molecule has 0 radical (unpaired) electrons. The fraction of sp³-hybridized carbons (Fsp3) is 0.548. The molecule has 5 fully saturated rings. The molecule has 4 saturated heterocycles. The Morgan fingerprint density at radius 3 is 2.67 bits per heavy atom. The van der Waals surface area contributed by atoms with Crippen molar-refractivity contribution < 1.29 is 32.6 Å². The van der Waals surface area contributed by atoms with E-state index < -0.39 is 30.0 Å². The number of anilines is 2. The van der Waals surface area contributed by atoms with Crippen LogP contribution in [0, 0.1) is 5.92 Å². The number of fused-ring (bicyclic) bond motifs is 4. The lowest BCUT2D eigenvalue weighted by Crippen LogP contribution is -2.45. The van der Waals surface area contributed by atoms with Crippen LogP contribution in [0.1, 0.15) is 91.5 Å². The van der Waals surface area contributed by atoms with Crippen LogP contribution in [0.15, 0.2) is 47.7 Å². The van der Waals surface area contributed by atoms with Gasteiger partial charge < -0.3 is 19.7 Å². The highest BCUT2D eigenvalue weighted by Crippen LogP contribution is 2.36. The van der Waals surface area contributed by atoms with Gasteiger partial charge in [0.2, 0.25) is 11.8 Å². The predicted molar refractivity (Wildman–Crippen MR) is 218 cm³/mol. The maximum Gasteiger partial charge on any atom is 0.329 e. The van der Waals surface area contributed by atoms with Gasteiger partial charge in [-0.15, -0.1) is 0 Å². The second kappa shape index (κ2) is 16.1. The number of rotatable bonds is 11. The summed E-state index contributed by atoms with van der Waals surface area (Å²) in [5, 5.41) is 13.6. The van der Waals surface area contributed by atoms with Crippen LogP contribution in [0.25, 0.3) is 16.7 Å². The quantitative estimate of drug-likeness (QED) is 0.185. The molecule has 4 aromatic heterocycles. The van der Waals surface area contributed by atoms with E-state index in [4.69, 9.17) is 14.5 Å². The number of morpholine rings is 2. The normalized spacial score (nSPS) is 25.9. The SMILES string of the molecule is Cn1c(=O)n(C2CCC(=O)NC2=O)c2cccc(CC[C@@H]3CN(CC4CCC(n5cc(NC(=O)c6cnn7ccc(N8C[C@H]9C[C@@H]8CO9)nc67)c(C(F)F)n5)CC4)CCO3)c21. The number of benzene rings is 1. The summed E-state index contributed by atoms with van der Waals surface area (Å²) in [6.45, 7) is 4.51. The number of hydrogen-bond donors (Lipinski definition) is 2. The van der Waals surface area contributed by atoms with E-state index in [1.54, 1.807) is 22.5 Å². The molecule has 61 heavy (non-hydrogen) atoms. The number of alkyl halides is 2. The Hall–Kier alpha value is -5.53. The van der Waals surface area contributed by atoms with Crippen LogP contribution in [-0.2, 0) is 32.5 Å². The van der Waals surface area contributed by atoms with Crippen molar-refractivity contribution in [3.8, 4) is 0 Å². The van der Waals surface area contributed by atoms with Gasteiger partial charge in [0.25, 0.3) is 12.3 Å². The molecule has 1 saturated carbocycles. The molecule has 3 amide bonds. The topological polar surface area (TPSA) is 175 Å². The minimum atomic E-state index is -2.87. The number of carbonyl (C=O) groups excluding carboxylic acids is 3. The zero-order chi connectivity index (χ0) is 41.9. The molecule has 10 rings (SSSR count). The summed E-state index contributed by atoms with van der Waals surface area (Å²) >= 11 is 0. The third kappa shape index (κ3) is 7.49. The fourth-order valence-electron chi connectivity index (χ4n) is 10.2. The number of hydrogen-bond acceptors (Lipinski definition) is 11. The average molecular weight is 842 g/mol. The number of halogens is 2. The van der Waals surface area contributed by atoms with Gasteiger partial charge in [-0.2, -0.15) is 10.2 Å². The van der Waals surface area contributed by atoms with E-state index in [1.165, 1.54) is 21.5 Å². The number of imidazole rings is 1. The highest BCUT2D eigenvalue weighted by molar-refractivity contribution is 6.08. The molecule has 0 spiro atoms. The van der Waals surface area contributed by atoms with Crippen LogP contribution in [-0.4, -0.2) is 114 Å². The van der Waals surface area contributed by atoms with Crippen LogP contribution in [0.2, 0.25) is 0 Å². The van der Waals surface area contributed by atoms with Gasteiger partial charge in [-0.3, -0.25) is 38.4 Å². The average Bonchev–Trinajstić information content (AvgIpc) is 4.11. The molecular weight excluding hydrogens is 793 g/mol. The van der Waals surface area contributed by atoms with Gasteiger partial charge in [0.1, 0.15) is 17.4 Å². The van der Waals surface area contributed by atoms with Crippen molar-refractivity contribution in [3.63, 3.8) is 0 Å². The number of amides is 3. The molecule has 322 valence electrons. The van der Waals surface area contributed by atoms with Crippen molar-refractivity contribution in [2.75, 3.05) is 49.6 Å². The van der Waals surface area contributed by atoms with E-state index >= 15 is 0 Å². The van der Waals surface area contributed by atoms with E-state index in [0.29, 0.717) is 36.7 Å². The van der Waals surface area contributed by atoms with Gasteiger partial charge >= 0.3 is 5.69 Å². The van der Waals surface area contributed by atoms with Crippen LogP contribution >= 0.6 is 0 Å². The molecule has 17 nitrogen and oxygen atoms in total. The van der Waals surface area contributed by atoms with Crippen molar-refractivity contribution in [2.45, 2.75) is 94.5 Å². The maximum atomic E-state index is 14.3. The summed E-state index contributed by atoms with van der Waals surface area (Å²) in [6, 6.07) is 7.07. The molecular formula is C42H49F2N11O6. The minimum absolute atomic E-state index is 0.00825. The molecule has 1 aliphatic carbocycles. The van der Waals surface area contributed by atoms with Gasteiger partial charge in [-0.25, -0.2) is 23.1 Å². The van der Waals surface area contributed by atoms with Crippen molar-refractivity contribution in [2.24, 2.45) is 13.0 Å². The first-order valence-electron chi connectivity index (χ1n) is 21.4. The second-order valence-electron chi connectivity index (χ2n) is 17.2. The monoisotopic (exact) mass is 841 g/mol. The van der Waals surface area contributed by atoms with Crippen LogP contribution < -0.4 is 21.2 Å². The van der Waals surface area contributed by atoms with Crippen LogP contribution in [0.3, 0.4) is 0 Å². The van der Waals surface area contributed by atoms with Gasteiger partial charge in [-0.1, -0.05) is 12.1 Å². The highest BCUT2D eigenvalue weighted by atomic mass is 19.3. The Bertz CT molecular complexity index is 2560. The van der Waals surface area contributed by atoms with Gasteiger partial charge in [0, 0.05) is 52.0 Å². The van der Waals surface area contributed by atoms with E-state index in [0.717, 1.165) is 81.6 Å². The Balaban J connectivity index is 0.745. The van der Waals surface area contributed by atoms with E-state index in [9.17, 15) is 28.0 Å². The smallest absolute Gasteiger partial charge is 0.329 e. The maximum absolute atomic E-state index is 14.3. The lowest BCUT2D eigenvalue weighted by Gasteiger charge is -2.37. The Morgan fingerprint density at radius 1 is 1.05 bits per heavy atom. The zero-order valence-electron chi connectivity index (χ0n) is 33.9. The van der Waals surface area contributed by atoms with Crippen molar-refractivity contribution >= 4 is 45.9 Å². The zero-order valence-corrected chi connectivity index (χ0v) is 33.9. The third-order valence-electron chi connectivity index (χ3n) is 13.4. The van der Waals surface area contributed by atoms with Crippen molar-refractivity contribution in [1.82, 2.24) is 43.7 Å². The largest absolute Gasteiger partial charge is 0.376 e. The van der Waals surface area contributed by atoms with E-state index in [1.807, 2.05) is 24.3 Å². The first kappa shape index (κ1) is 39.6. The van der Waals surface area contributed by atoms with E-state index in [-0.39, 0.29) is 60.0 Å². The number of aryl methyl sites for hydroxylation is 2. The standard InChI is InChI=1S/C42H49F2N11O6/c1-50-37-25(3-2-4-32(37)55(42(50)59)33-11-12-35(56)48-41(33)58)7-10-28-20-51(15-16-60-28)19-24-5-8-26(9-6-24)54-22-31(36(49-54)38(43)44)46-40(57)30-18-45-53-14-13-34(47-39(30)53)52-21-29-17-27(52)23-61-29/h2-4,13-14,18,22,24,26-29,33,38H,5-12,15-17,19-21,23H2,1H3,(H,46,57)(H,48,56,58)/t24?,26?,27-,28-,29-,33?/m1/s1. The summed E-state index contributed by atoms with van der Waals surface area (Å²) < 4.78 is 46.8. The highest BCUT2D eigenvalue weighted by Gasteiger charge is 2.40. The predicted octanol–water partition coefficient (Wildman–Crippen LogP) is 3.79.